The van der Waals surface area contributed by atoms with E-state index in [2.05, 4.69) is 15.6 Å². The van der Waals surface area contributed by atoms with Gasteiger partial charge in [-0.1, -0.05) is 19.3 Å². The quantitative estimate of drug-likeness (QED) is 0.465. The van der Waals surface area contributed by atoms with Gasteiger partial charge in [0.15, 0.2) is 5.96 Å². The van der Waals surface area contributed by atoms with Crippen LogP contribution >= 0.6 is 24.0 Å². The van der Waals surface area contributed by atoms with Gasteiger partial charge in [-0.05, 0) is 37.0 Å². The van der Waals surface area contributed by atoms with E-state index in [-0.39, 0.29) is 24.0 Å². The molecule has 3 aliphatic carbocycles. The second kappa shape index (κ2) is 5.76. The van der Waals surface area contributed by atoms with Crippen LogP contribution in [0, 0.1) is 17.8 Å². The third kappa shape index (κ3) is 3.48. The van der Waals surface area contributed by atoms with Gasteiger partial charge in [0.25, 0.3) is 0 Å². The summed E-state index contributed by atoms with van der Waals surface area (Å²) in [4.78, 5) is 4.27. The lowest BCUT2D eigenvalue weighted by Gasteiger charge is -2.25. The van der Waals surface area contributed by atoms with Crippen molar-refractivity contribution >= 4 is 29.9 Å². The first-order valence-corrected chi connectivity index (χ1v) is 6.84. The zero-order chi connectivity index (χ0) is 11.0. The second-order valence-electron chi connectivity index (χ2n) is 5.72. The Morgan fingerprint density at radius 2 is 2.00 bits per heavy atom. The summed E-state index contributed by atoms with van der Waals surface area (Å²) in [5.41, 5.74) is 0. The van der Waals surface area contributed by atoms with Gasteiger partial charge in [0, 0.05) is 19.6 Å². The Hall–Kier alpha value is 0. The van der Waals surface area contributed by atoms with E-state index in [0.29, 0.717) is 6.04 Å². The predicted molar refractivity (Wildman–Crippen MR) is 81.9 cm³/mol. The van der Waals surface area contributed by atoms with Crippen LogP contribution in [0.1, 0.15) is 38.5 Å². The van der Waals surface area contributed by atoms with E-state index in [0.717, 1.165) is 30.3 Å². The highest BCUT2D eigenvalue weighted by molar-refractivity contribution is 14.0. The summed E-state index contributed by atoms with van der Waals surface area (Å²) < 4.78 is 0. The smallest absolute Gasteiger partial charge is 0.191 e. The number of hydrogen-bond donors (Lipinski definition) is 2. The zero-order valence-electron chi connectivity index (χ0n) is 10.6. The van der Waals surface area contributed by atoms with Crippen molar-refractivity contribution in [1.82, 2.24) is 10.6 Å². The summed E-state index contributed by atoms with van der Waals surface area (Å²) in [5, 5.41) is 6.91. The maximum atomic E-state index is 4.27. The third-order valence-corrected chi connectivity index (χ3v) is 4.41. The maximum Gasteiger partial charge on any atom is 0.191 e. The molecule has 2 atom stereocenters. The molecular weight excluding hydrogens is 325 g/mol. The molecule has 0 spiro atoms. The number of nitrogens with one attached hydrogen (secondary N) is 2. The van der Waals surface area contributed by atoms with E-state index in [4.69, 9.17) is 0 Å². The lowest BCUT2D eigenvalue weighted by atomic mass is 9.81. The van der Waals surface area contributed by atoms with E-state index in [1.807, 2.05) is 7.05 Å². The number of rotatable bonds is 4. The molecule has 3 nitrogen and oxygen atoms in total. The van der Waals surface area contributed by atoms with Gasteiger partial charge in [0.05, 0.1) is 0 Å². The van der Waals surface area contributed by atoms with Crippen molar-refractivity contribution in [2.75, 3.05) is 13.6 Å². The van der Waals surface area contributed by atoms with Crippen molar-refractivity contribution in [2.24, 2.45) is 22.7 Å². The molecule has 17 heavy (non-hydrogen) atoms. The predicted octanol–water partition coefficient (Wildman–Crippen LogP) is 2.37. The molecule has 3 saturated carbocycles. The van der Waals surface area contributed by atoms with Crippen molar-refractivity contribution < 1.29 is 0 Å². The fourth-order valence-corrected chi connectivity index (χ4v) is 2.79. The Bertz CT molecular complexity index is 284. The van der Waals surface area contributed by atoms with Crippen LogP contribution in [0.3, 0.4) is 0 Å². The minimum absolute atomic E-state index is 0. The highest BCUT2D eigenvalue weighted by atomic mass is 127. The first kappa shape index (κ1) is 13.4. The Labute approximate surface area is 121 Å². The Kier molecular flexibility index (Phi) is 4.55. The van der Waals surface area contributed by atoms with E-state index in [1.165, 1.54) is 38.5 Å². The van der Waals surface area contributed by atoms with Gasteiger partial charge in [-0.25, -0.2) is 0 Å². The van der Waals surface area contributed by atoms with Gasteiger partial charge in [0.1, 0.15) is 0 Å². The molecule has 0 bridgehead atoms. The van der Waals surface area contributed by atoms with Gasteiger partial charge >= 0.3 is 0 Å². The summed E-state index contributed by atoms with van der Waals surface area (Å²) in [6.45, 7) is 1.13. The summed E-state index contributed by atoms with van der Waals surface area (Å²) in [5.74, 6) is 4.07. The fraction of sp³-hybridized carbons (Fsp3) is 0.923. The molecule has 3 aliphatic rings. The number of hydrogen-bond acceptors (Lipinski definition) is 1. The van der Waals surface area contributed by atoms with Gasteiger partial charge in [-0.3, -0.25) is 4.99 Å². The highest BCUT2D eigenvalue weighted by Crippen LogP contribution is 2.51. The molecule has 2 N–H and O–H groups in total. The lowest BCUT2D eigenvalue weighted by molar-refractivity contribution is 0.265. The molecular formula is C13H24IN3. The van der Waals surface area contributed by atoms with Crippen LogP contribution in [0.2, 0.25) is 0 Å². The minimum Gasteiger partial charge on any atom is -0.356 e. The van der Waals surface area contributed by atoms with Crippen molar-refractivity contribution in [3.8, 4) is 0 Å². The molecule has 98 valence electrons. The standard InChI is InChI=1S/C13H23N3.HI/c1-14-13(16-11-5-6-11)15-8-10-7-12(10)9-3-2-4-9;/h9-12H,2-8H2,1H3,(H2,14,15,16);1H/t10-,12-;/m0./s1. The van der Waals surface area contributed by atoms with Crippen LogP contribution in [0.15, 0.2) is 4.99 Å². The summed E-state index contributed by atoms with van der Waals surface area (Å²) in [6.07, 6.45) is 8.56. The Morgan fingerprint density at radius 3 is 2.53 bits per heavy atom. The SMILES string of the molecule is CN=C(NC[C@@H]1C[C@H]1C1CCC1)NC1CC1.I. The maximum absolute atomic E-state index is 4.27. The van der Waals surface area contributed by atoms with Gasteiger partial charge < -0.3 is 10.6 Å². The second-order valence-corrected chi connectivity index (χ2v) is 5.72. The monoisotopic (exact) mass is 349 g/mol. The van der Waals surface area contributed by atoms with Gasteiger partial charge in [-0.2, -0.15) is 0 Å². The molecule has 0 aromatic heterocycles. The minimum atomic E-state index is 0. The summed E-state index contributed by atoms with van der Waals surface area (Å²) in [7, 11) is 1.87. The molecule has 0 aromatic rings. The number of guanidine groups is 1. The van der Waals surface area contributed by atoms with Crippen molar-refractivity contribution in [3.05, 3.63) is 0 Å². The largest absolute Gasteiger partial charge is 0.356 e. The molecule has 0 amide bonds. The van der Waals surface area contributed by atoms with E-state index in [9.17, 15) is 0 Å². The normalized spacial score (nSPS) is 32.4. The first-order valence-electron chi connectivity index (χ1n) is 6.84. The molecule has 0 saturated heterocycles. The van der Waals surface area contributed by atoms with Crippen LogP contribution < -0.4 is 10.6 Å². The van der Waals surface area contributed by atoms with Crippen LogP contribution in [0.25, 0.3) is 0 Å². The van der Waals surface area contributed by atoms with E-state index in [1.54, 1.807) is 0 Å². The first-order chi connectivity index (χ1) is 7.86. The zero-order valence-corrected chi connectivity index (χ0v) is 12.9. The van der Waals surface area contributed by atoms with Crippen LogP contribution in [0.4, 0.5) is 0 Å². The highest BCUT2D eigenvalue weighted by Gasteiger charge is 2.44. The number of aliphatic imine (C=N–C) groups is 1. The summed E-state index contributed by atoms with van der Waals surface area (Å²) in [6, 6.07) is 0.702. The third-order valence-electron chi connectivity index (χ3n) is 4.41. The van der Waals surface area contributed by atoms with Crippen LogP contribution in [0.5, 0.6) is 0 Å². The van der Waals surface area contributed by atoms with Crippen molar-refractivity contribution in [2.45, 2.75) is 44.6 Å². The summed E-state index contributed by atoms with van der Waals surface area (Å²) >= 11 is 0. The Balaban J connectivity index is 0.00000108. The van der Waals surface area contributed by atoms with Gasteiger partial charge in [-0.15, -0.1) is 24.0 Å². The lowest BCUT2D eigenvalue weighted by Crippen LogP contribution is -2.39. The molecule has 0 heterocycles. The topological polar surface area (TPSA) is 36.4 Å². The fourth-order valence-electron chi connectivity index (χ4n) is 2.79. The molecule has 0 unspecified atom stereocenters. The van der Waals surface area contributed by atoms with E-state index >= 15 is 0 Å². The van der Waals surface area contributed by atoms with Crippen LogP contribution in [-0.4, -0.2) is 25.6 Å². The van der Waals surface area contributed by atoms with Crippen molar-refractivity contribution in [3.63, 3.8) is 0 Å². The molecule has 3 fully saturated rings. The number of nitrogens with zero attached hydrogens (tertiary/aromatic N) is 1. The average molecular weight is 349 g/mol. The molecule has 0 aliphatic heterocycles. The number of halogens is 1. The van der Waals surface area contributed by atoms with Crippen molar-refractivity contribution in [1.29, 1.82) is 0 Å². The average Bonchev–Trinajstić information content (AvgIpc) is 3.06. The molecule has 3 rings (SSSR count). The van der Waals surface area contributed by atoms with E-state index < -0.39 is 0 Å². The molecule has 4 heteroatoms. The Morgan fingerprint density at radius 1 is 1.24 bits per heavy atom. The van der Waals surface area contributed by atoms with Gasteiger partial charge in [0.2, 0.25) is 0 Å². The molecule has 0 radical (unpaired) electrons. The molecule has 0 aromatic carbocycles. The van der Waals surface area contributed by atoms with Crippen LogP contribution in [-0.2, 0) is 0 Å².